The third kappa shape index (κ3) is 4.88. The summed E-state index contributed by atoms with van der Waals surface area (Å²) in [5, 5.41) is 7.08. The smallest absolute Gasteiger partial charge is 0.253 e. The second-order valence-corrected chi connectivity index (χ2v) is 7.76. The summed E-state index contributed by atoms with van der Waals surface area (Å²) in [5.74, 6) is 0.274. The van der Waals surface area contributed by atoms with Gasteiger partial charge >= 0.3 is 0 Å². The minimum atomic E-state index is -0.282. The van der Waals surface area contributed by atoms with Crippen LogP contribution in [0.15, 0.2) is 61.3 Å². The Hall–Kier alpha value is -3.74. The normalized spacial score (nSPS) is 16.0. The second kappa shape index (κ2) is 8.95. The summed E-state index contributed by atoms with van der Waals surface area (Å²) in [7, 11) is 0. The quantitative estimate of drug-likeness (QED) is 0.619. The van der Waals surface area contributed by atoms with E-state index in [2.05, 4.69) is 33.2 Å². The standard InChI is InChI=1S/C24H25N5O2/c1-3-22(30)26-19-9-7-17(8-10-19)23(31)29-12-4-5-20(15-29)27-24-25-14-18-13-16(2)6-11-21(18)28-24/h3,6-11,13-14,20H,1,4-5,12,15H2,2H3,(H,26,30)(H,25,27,28)/t20-/m1/s1. The van der Waals surface area contributed by atoms with Crippen LogP contribution in [0, 0.1) is 6.92 Å². The molecule has 158 valence electrons. The average Bonchev–Trinajstić information content (AvgIpc) is 2.79. The van der Waals surface area contributed by atoms with Crippen molar-refractivity contribution in [2.45, 2.75) is 25.8 Å². The number of amides is 2. The average molecular weight is 415 g/mol. The maximum Gasteiger partial charge on any atom is 0.253 e. The van der Waals surface area contributed by atoms with E-state index in [0.717, 1.165) is 23.7 Å². The number of nitrogens with zero attached hydrogens (tertiary/aromatic N) is 3. The lowest BCUT2D eigenvalue weighted by Gasteiger charge is -2.33. The maximum atomic E-state index is 13.0. The van der Waals surface area contributed by atoms with Gasteiger partial charge in [-0.1, -0.05) is 18.2 Å². The number of aryl methyl sites for hydroxylation is 1. The number of fused-ring (bicyclic) bond motifs is 1. The van der Waals surface area contributed by atoms with Gasteiger partial charge in [0.2, 0.25) is 11.9 Å². The van der Waals surface area contributed by atoms with Gasteiger partial charge in [0.25, 0.3) is 5.91 Å². The van der Waals surface area contributed by atoms with Crippen LogP contribution in [-0.2, 0) is 4.79 Å². The van der Waals surface area contributed by atoms with E-state index in [1.54, 1.807) is 24.3 Å². The van der Waals surface area contributed by atoms with Gasteiger partial charge in [-0.15, -0.1) is 0 Å². The molecule has 7 nitrogen and oxygen atoms in total. The van der Waals surface area contributed by atoms with E-state index in [4.69, 9.17) is 0 Å². The lowest BCUT2D eigenvalue weighted by molar-refractivity contribution is -0.111. The van der Waals surface area contributed by atoms with Crippen molar-refractivity contribution in [3.63, 3.8) is 0 Å². The van der Waals surface area contributed by atoms with Crippen LogP contribution in [0.3, 0.4) is 0 Å². The van der Waals surface area contributed by atoms with Crippen LogP contribution in [0.25, 0.3) is 10.9 Å². The van der Waals surface area contributed by atoms with Crippen LogP contribution in [-0.4, -0.2) is 45.8 Å². The first kappa shape index (κ1) is 20.5. The molecule has 1 saturated heterocycles. The molecule has 0 unspecified atom stereocenters. The summed E-state index contributed by atoms with van der Waals surface area (Å²) in [4.78, 5) is 35.3. The largest absolute Gasteiger partial charge is 0.350 e. The Balaban J connectivity index is 1.41. The van der Waals surface area contributed by atoms with Gasteiger partial charge in [0, 0.05) is 42.0 Å². The molecule has 0 bridgehead atoms. The number of hydrogen-bond acceptors (Lipinski definition) is 5. The topological polar surface area (TPSA) is 87.2 Å². The number of piperidine rings is 1. The van der Waals surface area contributed by atoms with Crippen LogP contribution in [0.4, 0.5) is 11.6 Å². The van der Waals surface area contributed by atoms with Crippen LogP contribution in [0.5, 0.6) is 0 Å². The first-order valence-corrected chi connectivity index (χ1v) is 10.3. The molecule has 1 aliphatic rings. The third-order valence-corrected chi connectivity index (χ3v) is 5.36. The highest BCUT2D eigenvalue weighted by Gasteiger charge is 2.25. The molecule has 0 aliphatic carbocycles. The number of hydrogen-bond donors (Lipinski definition) is 2. The minimum absolute atomic E-state index is 0.0250. The van der Waals surface area contributed by atoms with Gasteiger partial charge in [-0.25, -0.2) is 9.97 Å². The number of anilines is 2. The Labute approximate surface area is 181 Å². The molecular formula is C24H25N5O2. The fourth-order valence-electron chi connectivity index (χ4n) is 3.76. The number of aromatic nitrogens is 2. The second-order valence-electron chi connectivity index (χ2n) is 7.76. The van der Waals surface area contributed by atoms with E-state index < -0.39 is 0 Å². The minimum Gasteiger partial charge on any atom is -0.350 e. The van der Waals surface area contributed by atoms with Gasteiger partial charge in [-0.3, -0.25) is 9.59 Å². The molecule has 2 amide bonds. The molecule has 2 aromatic carbocycles. The fraction of sp³-hybridized carbons (Fsp3) is 0.250. The van der Waals surface area contributed by atoms with E-state index in [9.17, 15) is 9.59 Å². The molecule has 0 radical (unpaired) electrons. The molecule has 31 heavy (non-hydrogen) atoms. The zero-order chi connectivity index (χ0) is 21.8. The first-order valence-electron chi connectivity index (χ1n) is 10.3. The third-order valence-electron chi connectivity index (χ3n) is 5.36. The highest BCUT2D eigenvalue weighted by molar-refractivity contribution is 5.99. The summed E-state index contributed by atoms with van der Waals surface area (Å²) in [6.07, 6.45) is 4.89. The number of carbonyl (C=O) groups is 2. The lowest BCUT2D eigenvalue weighted by atomic mass is 10.0. The summed E-state index contributed by atoms with van der Waals surface area (Å²) in [6, 6.07) is 13.1. The zero-order valence-electron chi connectivity index (χ0n) is 17.5. The Morgan fingerprint density at radius 1 is 1.19 bits per heavy atom. The Bertz CT molecular complexity index is 1130. The molecule has 1 fully saturated rings. The van der Waals surface area contributed by atoms with Gasteiger partial charge in [0.1, 0.15) is 0 Å². The van der Waals surface area contributed by atoms with Crippen molar-refractivity contribution in [2.24, 2.45) is 0 Å². The number of carbonyl (C=O) groups excluding carboxylic acids is 2. The monoisotopic (exact) mass is 415 g/mol. The van der Waals surface area contributed by atoms with Crippen molar-refractivity contribution < 1.29 is 9.59 Å². The van der Waals surface area contributed by atoms with E-state index in [0.29, 0.717) is 30.3 Å². The van der Waals surface area contributed by atoms with Crippen molar-refractivity contribution >= 4 is 34.4 Å². The predicted octanol–water partition coefficient (Wildman–Crippen LogP) is 3.78. The highest BCUT2D eigenvalue weighted by atomic mass is 16.2. The van der Waals surface area contributed by atoms with E-state index in [1.807, 2.05) is 30.2 Å². The van der Waals surface area contributed by atoms with Crippen LogP contribution in [0.1, 0.15) is 28.8 Å². The number of rotatable bonds is 5. The van der Waals surface area contributed by atoms with Crippen LogP contribution in [0.2, 0.25) is 0 Å². The molecule has 2 heterocycles. The van der Waals surface area contributed by atoms with Gasteiger partial charge in [-0.05, 0) is 62.2 Å². The molecule has 7 heteroatoms. The molecular weight excluding hydrogens is 390 g/mol. The molecule has 1 aliphatic heterocycles. The lowest BCUT2D eigenvalue weighted by Crippen LogP contribution is -2.45. The van der Waals surface area contributed by atoms with Gasteiger partial charge < -0.3 is 15.5 Å². The van der Waals surface area contributed by atoms with Crippen LogP contribution >= 0.6 is 0 Å². The SMILES string of the molecule is C=CC(=O)Nc1ccc(C(=O)N2CCC[C@@H](Nc3ncc4cc(C)ccc4n3)C2)cc1. The maximum absolute atomic E-state index is 13.0. The van der Waals surface area contributed by atoms with E-state index >= 15 is 0 Å². The molecule has 1 atom stereocenters. The predicted molar refractivity (Wildman–Crippen MR) is 122 cm³/mol. The summed E-state index contributed by atoms with van der Waals surface area (Å²) in [6.45, 7) is 6.78. The van der Waals surface area contributed by atoms with E-state index in [-0.39, 0.29) is 17.9 Å². The van der Waals surface area contributed by atoms with Crippen molar-refractivity contribution in [1.29, 1.82) is 0 Å². The van der Waals surface area contributed by atoms with Crippen LogP contribution < -0.4 is 10.6 Å². The van der Waals surface area contributed by atoms with Gasteiger partial charge in [0.15, 0.2) is 0 Å². The van der Waals surface area contributed by atoms with E-state index in [1.165, 1.54) is 11.6 Å². The summed E-state index contributed by atoms with van der Waals surface area (Å²) >= 11 is 0. The Morgan fingerprint density at radius 2 is 2.00 bits per heavy atom. The highest BCUT2D eigenvalue weighted by Crippen LogP contribution is 2.19. The molecule has 3 aromatic rings. The zero-order valence-corrected chi connectivity index (χ0v) is 17.5. The fourth-order valence-corrected chi connectivity index (χ4v) is 3.76. The molecule has 2 N–H and O–H groups in total. The summed E-state index contributed by atoms with van der Waals surface area (Å²) < 4.78 is 0. The first-order chi connectivity index (χ1) is 15.0. The Morgan fingerprint density at radius 3 is 2.77 bits per heavy atom. The number of nitrogens with one attached hydrogen (secondary N) is 2. The van der Waals surface area contributed by atoms with Crippen molar-refractivity contribution in [3.8, 4) is 0 Å². The molecule has 4 rings (SSSR count). The molecule has 0 spiro atoms. The molecule has 0 saturated carbocycles. The van der Waals surface area contributed by atoms with Gasteiger partial charge in [-0.2, -0.15) is 0 Å². The van der Waals surface area contributed by atoms with Crippen molar-refractivity contribution in [1.82, 2.24) is 14.9 Å². The molecule has 1 aromatic heterocycles. The van der Waals surface area contributed by atoms with Crippen molar-refractivity contribution in [2.75, 3.05) is 23.7 Å². The number of benzene rings is 2. The van der Waals surface area contributed by atoms with Gasteiger partial charge in [0.05, 0.1) is 5.52 Å². The summed E-state index contributed by atoms with van der Waals surface area (Å²) in [5.41, 5.74) is 3.29. The van der Waals surface area contributed by atoms with Crippen molar-refractivity contribution in [3.05, 3.63) is 72.4 Å². The Kier molecular flexibility index (Phi) is 5.93. The number of likely N-dealkylation sites (tertiary alicyclic amines) is 1.